The first-order valence-corrected chi connectivity index (χ1v) is 12.4. The van der Waals surface area contributed by atoms with Crippen molar-refractivity contribution in [2.24, 2.45) is 7.05 Å². The molecule has 4 aromatic rings. The van der Waals surface area contributed by atoms with Crippen LogP contribution in [0.4, 0.5) is 11.5 Å². The Morgan fingerprint density at radius 1 is 1.00 bits per heavy atom. The van der Waals surface area contributed by atoms with Gasteiger partial charge in [-0.15, -0.1) is 10.2 Å². The molecule has 0 radical (unpaired) electrons. The lowest BCUT2D eigenvalue weighted by atomic mass is 9.93. The zero-order valence-electron chi connectivity index (χ0n) is 20.2. The number of rotatable bonds is 6. The summed E-state index contributed by atoms with van der Waals surface area (Å²) >= 11 is 0. The minimum absolute atomic E-state index is 0.145. The standard InChI is InChI=1S/C25H29N9O2/c1-33-31-25(30-32-33)17-2-7-23(28-16-17)29-18-3-5-20(6-4-18)36-22-15-19(34-10-12-35-13-11-34)14-21-24(22)27-9-8-26-21/h2,7-9,14-16,18,20H,3-6,10-13H2,1H3,(H,28,29). The van der Waals surface area contributed by atoms with Crippen molar-refractivity contribution >= 4 is 22.5 Å². The third-order valence-corrected chi connectivity index (χ3v) is 6.75. The fourth-order valence-corrected chi connectivity index (χ4v) is 4.85. The Labute approximate surface area is 208 Å². The Kier molecular flexibility index (Phi) is 6.29. The lowest BCUT2D eigenvalue weighted by molar-refractivity contribution is 0.122. The fraction of sp³-hybridized carbons (Fsp3) is 0.440. The van der Waals surface area contributed by atoms with Gasteiger partial charge >= 0.3 is 0 Å². The van der Waals surface area contributed by atoms with Crippen molar-refractivity contribution in [3.05, 3.63) is 42.9 Å². The molecule has 0 amide bonds. The van der Waals surface area contributed by atoms with Crippen LogP contribution in [0.2, 0.25) is 0 Å². The molecule has 1 aliphatic heterocycles. The number of tetrazole rings is 1. The minimum Gasteiger partial charge on any atom is -0.488 e. The van der Waals surface area contributed by atoms with E-state index < -0.39 is 0 Å². The average Bonchev–Trinajstić information content (AvgIpc) is 3.37. The number of anilines is 2. The van der Waals surface area contributed by atoms with Gasteiger partial charge in [-0.25, -0.2) is 9.97 Å². The molecule has 0 unspecified atom stereocenters. The minimum atomic E-state index is 0.145. The van der Waals surface area contributed by atoms with E-state index in [-0.39, 0.29) is 6.10 Å². The Hall–Kier alpha value is -3.86. The lowest BCUT2D eigenvalue weighted by Gasteiger charge is -2.31. The van der Waals surface area contributed by atoms with Crippen LogP contribution in [0.15, 0.2) is 42.9 Å². The Balaban J connectivity index is 1.09. The molecule has 1 aromatic carbocycles. The van der Waals surface area contributed by atoms with Gasteiger partial charge in [0, 0.05) is 55.0 Å². The van der Waals surface area contributed by atoms with Crippen molar-refractivity contribution in [3.63, 3.8) is 0 Å². The van der Waals surface area contributed by atoms with Crippen molar-refractivity contribution in [1.29, 1.82) is 0 Å². The van der Waals surface area contributed by atoms with E-state index in [1.807, 2.05) is 12.1 Å². The molecular weight excluding hydrogens is 458 g/mol. The number of aromatic nitrogens is 7. The second-order valence-electron chi connectivity index (χ2n) is 9.24. The number of ether oxygens (including phenoxy) is 2. The second kappa shape index (κ2) is 10.0. The summed E-state index contributed by atoms with van der Waals surface area (Å²) < 4.78 is 12.1. The SMILES string of the molecule is Cn1nnc(-c2ccc(NC3CCC(Oc4cc(N5CCOCC5)cc5nccnc45)CC3)nc2)n1. The molecule has 2 aliphatic rings. The summed E-state index contributed by atoms with van der Waals surface area (Å²) in [7, 11) is 1.75. The van der Waals surface area contributed by atoms with E-state index in [4.69, 9.17) is 9.47 Å². The molecule has 4 heterocycles. The van der Waals surface area contributed by atoms with Crippen LogP contribution in [0, 0.1) is 0 Å². The van der Waals surface area contributed by atoms with Crippen LogP contribution in [0.3, 0.4) is 0 Å². The normalized spacial score (nSPS) is 20.4. The monoisotopic (exact) mass is 487 g/mol. The molecule has 0 bridgehead atoms. The van der Waals surface area contributed by atoms with Crippen molar-refractivity contribution in [3.8, 4) is 17.1 Å². The molecule has 36 heavy (non-hydrogen) atoms. The van der Waals surface area contributed by atoms with E-state index in [1.165, 1.54) is 4.80 Å². The fourth-order valence-electron chi connectivity index (χ4n) is 4.85. The number of benzene rings is 1. The van der Waals surface area contributed by atoms with Crippen LogP contribution in [0.25, 0.3) is 22.4 Å². The molecule has 1 saturated heterocycles. The third kappa shape index (κ3) is 4.92. The summed E-state index contributed by atoms with van der Waals surface area (Å²) in [5, 5.41) is 15.7. The first-order valence-electron chi connectivity index (χ1n) is 12.4. The first kappa shape index (κ1) is 22.6. The third-order valence-electron chi connectivity index (χ3n) is 6.75. The zero-order valence-corrected chi connectivity index (χ0v) is 20.2. The van der Waals surface area contributed by atoms with Crippen LogP contribution in [-0.4, -0.2) is 73.6 Å². The number of morpholine rings is 1. The van der Waals surface area contributed by atoms with Crippen LogP contribution >= 0.6 is 0 Å². The smallest absolute Gasteiger partial charge is 0.206 e. The highest BCUT2D eigenvalue weighted by molar-refractivity contribution is 5.85. The number of aryl methyl sites for hydroxylation is 1. The number of pyridine rings is 1. The predicted molar refractivity (Wildman–Crippen MR) is 135 cm³/mol. The molecule has 1 saturated carbocycles. The van der Waals surface area contributed by atoms with Crippen molar-refractivity contribution in [2.45, 2.75) is 37.8 Å². The van der Waals surface area contributed by atoms with E-state index >= 15 is 0 Å². The van der Waals surface area contributed by atoms with Crippen LogP contribution < -0.4 is 15.0 Å². The van der Waals surface area contributed by atoms with Gasteiger partial charge in [0.05, 0.1) is 31.9 Å². The molecule has 3 aromatic heterocycles. The quantitative estimate of drug-likeness (QED) is 0.435. The van der Waals surface area contributed by atoms with Gasteiger partial charge in [-0.1, -0.05) is 0 Å². The van der Waals surface area contributed by atoms with Crippen LogP contribution in [0.5, 0.6) is 5.75 Å². The summed E-state index contributed by atoms with van der Waals surface area (Å²) in [6.45, 7) is 3.21. The van der Waals surface area contributed by atoms with Crippen molar-refractivity contribution < 1.29 is 9.47 Å². The summed E-state index contributed by atoms with van der Waals surface area (Å²) in [6.07, 6.45) is 9.32. The second-order valence-corrected chi connectivity index (χ2v) is 9.24. The lowest BCUT2D eigenvalue weighted by Crippen LogP contribution is -2.36. The predicted octanol–water partition coefficient (Wildman–Crippen LogP) is 2.85. The molecule has 0 atom stereocenters. The maximum Gasteiger partial charge on any atom is 0.206 e. The maximum absolute atomic E-state index is 6.54. The van der Waals surface area contributed by atoms with Crippen LogP contribution in [0.1, 0.15) is 25.7 Å². The summed E-state index contributed by atoms with van der Waals surface area (Å²) in [6, 6.07) is 8.50. The first-order chi connectivity index (χ1) is 17.7. The molecule has 186 valence electrons. The molecule has 11 heteroatoms. The van der Waals surface area contributed by atoms with E-state index in [1.54, 1.807) is 25.6 Å². The maximum atomic E-state index is 6.54. The Morgan fingerprint density at radius 2 is 1.83 bits per heavy atom. The molecule has 1 aliphatic carbocycles. The van der Waals surface area contributed by atoms with Gasteiger partial charge in [0.25, 0.3) is 0 Å². The van der Waals surface area contributed by atoms with Crippen molar-refractivity contribution in [2.75, 3.05) is 36.5 Å². The number of nitrogens with zero attached hydrogens (tertiary/aromatic N) is 8. The van der Waals surface area contributed by atoms with E-state index in [2.05, 4.69) is 52.7 Å². The number of hydrogen-bond donors (Lipinski definition) is 1. The van der Waals surface area contributed by atoms with E-state index in [9.17, 15) is 0 Å². The molecular formula is C25H29N9O2. The van der Waals surface area contributed by atoms with Gasteiger partial charge in [0.2, 0.25) is 5.82 Å². The highest BCUT2D eigenvalue weighted by atomic mass is 16.5. The molecule has 11 nitrogen and oxygen atoms in total. The largest absolute Gasteiger partial charge is 0.488 e. The van der Waals surface area contributed by atoms with Crippen molar-refractivity contribution in [1.82, 2.24) is 35.2 Å². The topological polar surface area (TPSA) is 116 Å². The van der Waals surface area contributed by atoms with Gasteiger partial charge in [0.1, 0.15) is 17.1 Å². The van der Waals surface area contributed by atoms with Gasteiger partial charge in [0.15, 0.2) is 0 Å². The molecule has 6 rings (SSSR count). The molecule has 0 spiro atoms. The van der Waals surface area contributed by atoms with Gasteiger partial charge in [-0.3, -0.25) is 4.98 Å². The average molecular weight is 488 g/mol. The van der Waals surface area contributed by atoms with Gasteiger partial charge in [-0.05, 0) is 49.1 Å². The van der Waals surface area contributed by atoms with Crippen LogP contribution in [-0.2, 0) is 11.8 Å². The molecule has 1 N–H and O–H groups in total. The number of nitrogens with one attached hydrogen (secondary N) is 1. The van der Waals surface area contributed by atoms with E-state index in [0.717, 1.165) is 85.8 Å². The summed E-state index contributed by atoms with van der Waals surface area (Å²) in [4.78, 5) is 17.4. The zero-order chi connectivity index (χ0) is 24.3. The number of fused-ring (bicyclic) bond motifs is 1. The highest BCUT2D eigenvalue weighted by Crippen LogP contribution is 2.33. The van der Waals surface area contributed by atoms with Gasteiger partial charge in [-0.2, -0.15) is 4.80 Å². The van der Waals surface area contributed by atoms with E-state index in [0.29, 0.717) is 11.9 Å². The summed E-state index contributed by atoms with van der Waals surface area (Å²) in [5.41, 5.74) is 3.64. The van der Waals surface area contributed by atoms with Gasteiger partial charge < -0.3 is 19.7 Å². The number of hydrogen-bond acceptors (Lipinski definition) is 10. The Bertz CT molecular complexity index is 1310. The highest BCUT2D eigenvalue weighted by Gasteiger charge is 2.24. The molecule has 2 fully saturated rings. The Morgan fingerprint density at radius 3 is 2.58 bits per heavy atom. The summed E-state index contributed by atoms with van der Waals surface area (Å²) in [5.74, 6) is 2.24.